The molecular formula is C27H32O6S. The zero-order valence-corrected chi connectivity index (χ0v) is 20.8. The molecule has 7 heteroatoms. The molecule has 2 aromatic rings. The van der Waals surface area contributed by atoms with Gasteiger partial charge in [-0.1, -0.05) is 63.4 Å². The minimum Gasteiger partial charge on any atom is -0.465 e. The molecule has 1 aliphatic carbocycles. The zero-order valence-electron chi connectivity index (χ0n) is 20.0. The van der Waals surface area contributed by atoms with Crippen molar-refractivity contribution in [2.24, 2.45) is 5.92 Å². The van der Waals surface area contributed by atoms with Crippen LogP contribution in [0, 0.1) is 5.92 Å². The molecular weight excluding hydrogens is 452 g/mol. The second kappa shape index (κ2) is 11.1. The summed E-state index contributed by atoms with van der Waals surface area (Å²) in [5.74, 6) is -1.12. The summed E-state index contributed by atoms with van der Waals surface area (Å²) in [5.41, 5.74) is 1.57. The number of hydrogen-bond acceptors (Lipinski definition) is 6. The molecule has 6 nitrogen and oxygen atoms in total. The number of ether oxygens (including phenoxy) is 1. The molecule has 1 aliphatic rings. The Morgan fingerprint density at radius 3 is 2.18 bits per heavy atom. The number of rotatable bonds is 11. The van der Waals surface area contributed by atoms with Crippen molar-refractivity contribution in [1.82, 2.24) is 0 Å². The van der Waals surface area contributed by atoms with E-state index in [-0.39, 0.29) is 34.9 Å². The van der Waals surface area contributed by atoms with Gasteiger partial charge in [0, 0.05) is 22.3 Å². The van der Waals surface area contributed by atoms with Crippen molar-refractivity contribution >= 4 is 27.4 Å². The van der Waals surface area contributed by atoms with Crippen molar-refractivity contribution in [3.63, 3.8) is 0 Å². The summed E-state index contributed by atoms with van der Waals surface area (Å²) >= 11 is 0. The molecule has 2 unspecified atom stereocenters. The predicted molar refractivity (Wildman–Crippen MR) is 131 cm³/mol. The van der Waals surface area contributed by atoms with E-state index in [4.69, 9.17) is 4.74 Å². The van der Waals surface area contributed by atoms with Gasteiger partial charge in [-0.2, -0.15) is 0 Å². The molecule has 0 spiro atoms. The molecule has 0 heterocycles. The van der Waals surface area contributed by atoms with Gasteiger partial charge in [-0.15, -0.1) is 0 Å². The smallest absolute Gasteiger partial charge is 0.306 e. The van der Waals surface area contributed by atoms with Crippen molar-refractivity contribution in [3.05, 3.63) is 70.3 Å². The van der Waals surface area contributed by atoms with Crippen LogP contribution in [0.2, 0.25) is 0 Å². The van der Waals surface area contributed by atoms with E-state index in [2.05, 4.69) is 13.8 Å². The fourth-order valence-corrected chi connectivity index (χ4v) is 5.53. The van der Waals surface area contributed by atoms with Gasteiger partial charge in [-0.3, -0.25) is 14.4 Å². The van der Waals surface area contributed by atoms with Crippen LogP contribution in [0.5, 0.6) is 0 Å². The summed E-state index contributed by atoms with van der Waals surface area (Å²) in [6.45, 7) is 6.01. The molecule has 182 valence electrons. The molecule has 0 N–H and O–H groups in total. The van der Waals surface area contributed by atoms with Gasteiger partial charge in [0.1, 0.15) is 0 Å². The summed E-state index contributed by atoms with van der Waals surface area (Å²) < 4.78 is 31.2. The summed E-state index contributed by atoms with van der Waals surface area (Å²) in [7, 11) is -3.68. The second-order valence-electron chi connectivity index (χ2n) is 8.87. The molecule has 0 aromatic heterocycles. The number of esters is 1. The molecule has 2 atom stereocenters. The van der Waals surface area contributed by atoms with E-state index < -0.39 is 21.1 Å². The Morgan fingerprint density at radius 2 is 1.56 bits per heavy atom. The quantitative estimate of drug-likeness (QED) is 0.352. The van der Waals surface area contributed by atoms with E-state index in [9.17, 15) is 22.8 Å². The molecule has 3 rings (SSSR count). The first kappa shape index (κ1) is 25.8. The molecule has 0 saturated heterocycles. The highest BCUT2D eigenvalue weighted by Crippen LogP contribution is 2.31. The lowest BCUT2D eigenvalue weighted by atomic mass is 9.83. The van der Waals surface area contributed by atoms with Gasteiger partial charge in [0.05, 0.1) is 24.0 Å². The van der Waals surface area contributed by atoms with Crippen LogP contribution >= 0.6 is 0 Å². The van der Waals surface area contributed by atoms with Gasteiger partial charge in [0.25, 0.3) is 0 Å². The molecule has 0 radical (unpaired) electrons. The number of carbonyl (C=O) groups is 3. The van der Waals surface area contributed by atoms with Crippen molar-refractivity contribution in [3.8, 4) is 0 Å². The van der Waals surface area contributed by atoms with Crippen LogP contribution in [-0.4, -0.2) is 38.3 Å². The Balaban J connectivity index is 1.67. The Labute approximate surface area is 201 Å². The maximum atomic E-state index is 12.9. The van der Waals surface area contributed by atoms with Gasteiger partial charge in [0.2, 0.25) is 0 Å². The van der Waals surface area contributed by atoms with E-state index in [0.717, 1.165) is 25.7 Å². The molecule has 0 aliphatic heterocycles. The summed E-state index contributed by atoms with van der Waals surface area (Å²) in [5, 5.41) is -0.932. The van der Waals surface area contributed by atoms with E-state index in [1.54, 1.807) is 30.3 Å². The van der Waals surface area contributed by atoms with Crippen molar-refractivity contribution in [2.45, 2.75) is 58.1 Å². The third-order valence-electron chi connectivity index (χ3n) is 6.57. The Kier molecular flexibility index (Phi) is 8.42. The van der Waals surface area contributed by atoms with Crippen molar-refractivity contribution in [1.29, 1.82) is 0 Å². The van der Waals surface area contributed by atoms with Crippen LogP contribution in [0.15, 0.2) is 42.5 Å². The number of carbonyl (C=O) groups excluding carboxylic acids is 3. The molecule has 0 bridgehead atoms. The highest BCUT2D eigenvalue weighted by molar-refractivity contribution is 7.91. The van der Waals surface area contributed by atoms with E-state index in [1.807, 2.05) is 0 Å². The topological polar surface area (TPSA) is 94.6 Å². The summed E-state index contributed by atoms with van der Waals surface area (Å²) in [4.78, 5) is 37.9. The Morgan fingerprint density at radius 1 is 0.941 bits per heavy atom. The van der Waals surface area contributed by atoms with E-state index in [0.29, 0.717) is 29.2 Å². The standard InChI is InChI=1S/C27H32O6S/c1-4-6-9-19(5-2)17-33-25(28)14-15-34(31,32)18(3)20-12-13-23-24(16-20)27(30)22-11-8-7-10-21(22)26(23)29/h7-8,10-13,16,18-19H,4-6,9,14-15,17H2,1-3H3. The predicted octanol–water partition coefficient (Wildman–Crippen LogP) is 5.09. The molecule has 0 amide bonds. The normalized spacial score (nSPS) is 14.8. The average molecular weight is 485 g/mol. The lowest BCUT2D eigenvalue weighted by Crippen LogP contribution is -2.22. The van der Waals surface area contributed by atoms with Crippen molar-refractivity contribution in [2.75, 3.05) is 12.4 Å². The Hall–Kier alpha value is -2.80. The number of unbranched alkanes of at least 4 members (excludes halogenated alkanes) is 1. The highest BCUT2D eigenvalue weighted by Gasteiger charge is 2.31. The molecule has 2 aromatic carbocycles. The van der Waals surface area contributed by atoms with E-state index >= 15 is 0 Å². The zero-order chi connectivity index (χ0) is 24.9. The van der Waals surface area contributed by atoms with Crippen molar-refractivity contribution < 1.29 is 27.5 Å². The molecule has 34 heavy (non-hydrogen) atoms. The SMILES string of the molecule is CCCCC(CC)COC(=O)CCS(=O)(=O)C(C)c1ccc2c(c1)C(=O)c1ccccc1C2=O. The first-order valence-corrected chi connectivity index (χ1v) is 13.6. The highest BCUT2D eigenvalue weighted by atomic mass is 32.2. The summed E-state index contributed by atoms with van der Waals surface area (Å²) in [6, 6.07) is 11.2. The maximum absolute atomic E-state index is 12.9. The van der Waals surface area contributed by atoms with Gasteiger partial charge >= 0.3 is 5.97 Å². The van der Waals surface area contributed by atoms with Gasteiger partial charge in [0.15, 0.2) is 21.4 Å². The number of sulfone groups is 1. The lowest BCUT2D eigenvalue weighted by Gasteiger charge is -2.20. The largest absolute Gasteiger partial charge is 0.465 e. The second-order valence-corrected chi connectivity index (χ2v) is 11.3. The lowest BCUT2D eigenvalue weighted by molar-refractivity contribution is -0.144. The monoisotopic (exact) mass is 484 g/mol. The third kappa shape index (κ3) is 5.63. The van der Waals surface area contributed by atoms with Crippen LogP contribution < -0.4 is 0 Å². The van der Waals surface area contributed by atoms with Gasteiger partial charge in [-0.25, -0.2) is 8.42 Å². The van der Waals surface area contributed by atoms with Crippen LogP contribution in [0.4, 0.5) is 0 Å². The fraction of sp³-hybridized carbons (Fsp3) is 0.444. The number of ketones is 2. The number of hydrogen-bond donors (Lipinski definition) is 0. The minimum absolute atomic E-state index is 0.209. The Bertz CT molecular complexity index is 1180. The number of fused-ring (bicyclic) bond motifs is 2. The first-order chi connectivity index (χ1) is 16.2. The van der Waals surface area contributed by atoms with Gasteiger partial charge in [-0.05, 0) is 37.0 Å². The van der Waals surface area contributed by atoms with Crippen LogP contribution in [0.3, 0.4) is 0 Å². The summed E-state index contributed by atoms with van der Waals surface area (Å²) in [6.07, 6.45) is 3.83. The molecule has 0 fully saturated rings. The van der Waals surface area contributed by atoms with Crippen LogP contribution in [0.25, 0.3) is 0 Å². The van der Waals surface area contributed by atoms with E-state index in [1.165, 1.54) is 19.1 Å². The third-order valence-corrected chi connectivity index (χ3v) is 8.69. The van der Waals surface area contributed by atoms with Crippen LogP contribution in [-0.2, 0) is 19.4 Å². The van der Waals surface area contributed by atoms with Gasteiger partial charge < -0.3 is 4.74 Å². The maximum Gasteiger partial charge on any atom is 0.306 e. The number of benzene rings is 2. The minimum atomic E-state index is -3.68. The fourth-order valence-electron chi connectivity index (χ4n) is 4.16. The molecule has 0 saturated carbocycles. The first-order valence-electron chi connectivity index (χ1n) is 11.9. The average Bonchev–Trinajstić information content (AvgIpc) is 2.85. The van der Waals surface area contributed by atoms with Crippen LogP contribution in [0.1, 0.15) is 95.5 Å².